The highest BCUT2D eigenvalue weighted by molar-refractivity contribution is 5.86. The van der Waals surface area contributed by atoms with Crippen molar-refractivity contribution in [3.8, 4) is 11.8 Å². The van der Waals surface area contributed by atoms with Gasteiger partial charge in [0.25, 0.3) is 0 Å². The Bertz CT molecular complexity index is 535. The van der Waals surface area contributed by atoms with Gasteiger partial charge in [0.1, 0.15) is 11.6 Å². The molecule has 0 fully saturated rings. The van der Waals surface area contributed by atoms with Crippen LogP contribution in [0.3, 0.4) is 0 Å². The number of hydrogen-bond donors (Lipinski definition) is 1. The lowest BCUT2D eigenvalue weighted by Crippen LogP contribution is -2.05. The number of carboxylic acid groups (broad SMARTS) is 1. The molecule has 1 rings (SSSR count). The molecule has 94 valence electrons. The van der Waals surface area contributed by atoms with Gasteiger partial charge in [-0.15, -0.1) is 0 Å². The first-order valence-corrected chi connectivity index (χ1v) is 4.53. The van der Waals surface area contributed by atoms with Crippen LogP contribution in [0.2, 0.25) is 0 Å². The Labute approximate surface area is 99.5 Å². The number of ether oxygens (including phenoxy) is 1. The summed E-state index contributed by atoms with van der Waals surface area (Å²) in [6.07, 6.45) is 1.35. The second kappa shape index (κ2) is 5.72. The molecule has 0 saturated heterocycles. The third-order valence-electron chi connectivity index (χ3n) is 1.83. The number of rotatable bonds is 4. The van der Waals surface area contributed by atoms with Gasteiger partial charge in [-0.1, -0.05) is 0 Å². The fourth-order valence-corrected chi connectivity index (χ4v) is 1.17. The van der Waals surface area contributed by atoms with Crippen molar-refractivity contribution in [3.05, 3.63) is 35.2 Å². The molecule has 0 aliphatic heterocycles. The maximum absolute atomic E-state index is 13.5. The minimum atomic E-state index is -3.21. The summed E-state index contributed by atoms with van der Waals surface area (Å²) in [4.78, 5) is 10.3. The predicted octanol–water partition coefficient (Wildman–Crippen LogP) is 2.40. The van der Waals surface area contributed by atoms with Crippen LogP contribution in [0.25, 0.3) is 6.08 Å². The van der Waals surface area contributed by atoms with Crippen molar-refractivity contribution in [2.24, 2.45) is 0 Å². The summed E-state index contributed by atoms with van der Waals surface area (Å²) >= 11 is 0. The summed E-state index contributed by atoms with van der Waals surface area (Å²) in [6.45, 7) is -3.21. The molecule has 7 heteroatoms. The largest absolute Gasteiger partial charge is 0.478 e. The van der Waals surface area contributed by atoms with Crippen molar-refractivity contribution in [2.45, 2.75) is 6.61 Å². The van der Waals surface area contributed by atoms with Crippen LogP contribution >= 0.6 is 0 Å². The zero-order chi connectivity index (χ0) is 13.7. The Balaban J connectivity index is 3.29. The zero-order valence-corrected chi connectivity index (χ0v) is 8.73. The number of carboxylic acids is 1. The number of benzene rings is 1. The molecule has 0 amide bonds. The highest BCUT2D eigenvalue weighted by atomic mass is 19.3. The van der Waals surface area contributed by atoms with Gasteiger partial charge >= 0.3 is 12.6 Å². The fraction of sp³-hybridized carbons (Fsp3) is 0.0909. The Morgan fingerprint density at radius 3 is 2.67 bits per heavy atom. The molecule has 4 nitrogen and oxygen atoms in total. The van der Waals surface area contributed by atoms with Gasteiger partial charge in [0.05, 0.1) is 17.2 Å². The minimum Gasteiger partial charge on any atom is -0.478 e. The Morgan fingerprint density at radius 2 is 2.17 bits per heavy atom. The summed E-state index contributed by atoms with van der Waals surface area (Å²) in [5.41, 5.74) is -0.674. The van der Waals surface area contributed by atoms with E-state index in [4.69, 9.17) is 10.4 Å². The van der Waals surface area contributed by atoms with E-state index in [9.17, 15) is 18.0 Å². The summed E-state index contributed by atoms with van der Waals surface area (Å²) in [5, 5.41) is 16.9. The van der Waals surface area contributed by atoms with Gasteiger partial charge in [-0.2, -0.15) is 14.0 Å². The van der Waals surface area contributed by atoms with Crippen molar-refractivity contribution < 1.29 is 27.8 Å². The molecule has 1 N–H and O–H groups in total. The summed E-state index contributed by atoms with van der Waals surface area (Å²) < 4.78 is 41.7. The number of alkyl halides is 2. The molecular weight excluding hydrogens is 251 g/mol. The minimum absolute atomic E-state index is 0.212. The van der Waals surface area contributed by atoms with E-state index in [-0.39, 0.29) is 5.56 Å². The van der Waals surface area contributed by atoms with Crippen LogP contribution in [0.1, 0.15) is 11.1 Å². The number of hydrogen-bond acceptors (Lipinski definition) is 3. The second-order valence-corrected chi connectivity index (χ2v) is 3.03. The molecule has 0 radical (unpaired) electrons. The van der Waals surface area contributed by atoms with Crippen LogP contribution in [-0.4, -0.2) is 17.7 Å². The van der Waals surface area contributed by atoms with Crippen molar-refractivity contribution in [1.82, 2.24) is 0 Å². The number of carbonyl (C=O) groups is 1. The number of nitriles is 1. The Hall–Kier alpha value is -2.49. The fourth-order valence-electron chi connectivity index (χ4n) is 1.17. The molecule has 0 saturated carbocycles. The van der Waals surface area contributed by atoms with Gasteiger partial charge in [0.15, 0.2) is 0 Å². The molecule has 0 heterocycles. The molecule has 0 atom stereocenters. The lowest BCUT2D eigenvalue weighted by molar-refractivity contribution is -0.131. The van der Waals surface area contributed by atoms with Crippen LogP contribution in [0.5, 0.6) is 5.75 Å². The monoisotopic (exact) mass is 257 g/mol. The third-order valence-corrected chi connectivity index (χ3v) is 1.83. The highest BCUT2D eigenvalue weighted by Crippen LogP contribution is 2.26. The van der Waals surface area contributed by atoms with Gasteiger partial charge < -0.3 is 9.84 Å². The summed E-state index contributed by atoms with van der Waals surface area (Å²) in [6, 6.07) is 3.26. The average molecular weight is 257 g/mol. The van der Waals surface area contributed by atoms with E-state index in [1.165, 1.54) is 0 Å². The Morgan fingerprint density at radius 1 is 1.50 bits per heavy atom. The number of nitrogens with zero attached hydrogens (tertiary/aromatic N) is 1. The molecule has 0 aromatic heterocycles. The lowest BCUT2D eigenvalue weighted by atomic mass is 10.1. The van der Waals surface area contributed by atoms with E-state index in [0.29, 0.717) is 6.08 Å². The molecule has 1 aromatic rings. The quantitative estimate of drug-likeness (QED) is 0.841. The smallest absolute Gasteiger partial charge is 0.387 e. The summed E-state index contributed by atoms with van der Waals surface area (Å²) in [5.74, 6) is -3.00. The molecule has 0 spiro atoms. The molecular formula is C11H6F3NO3. The molecule has 0 aliphatic rings. The van der Waals surface area contributed by atoms with Gasteiger partial charge in [-0.25, -0.2) is 9.18 Å². The van der Waals surface area contributed by atoms with Crippen LogP contribution < -0.4 is 4.74 Å². The topological polar surface area (TPSA) is 70.3 Å². The third kappa shape index (κ3) is 3.52. The standard InChI is InChI=1S/C11H6F3NO3/c12-8-3-6(5-15)4-9(18-11(13)14)7(8)1-2-10(16)17/h1-4,11H,(H,16,17)/b2-1+. The molecule has 0 unspecified atom stereocenters. The van der Waals surface area contributed by atoms with Crippen LogP contribution in [0, 0.1) is 17.1 Å². The number of aliphatic carboxylic acids is 1. The van der Waals surface area contributed by atoms with E-state index in [1.807, 2.05) is 0 Å². The zero-order valence-electron chi connectivity index (χ0n) is 8.73. The van der Waals surface area contributed by atoms with Crippen molar-refractivity contribution in [3.63, 3.8) is 0 Å². The SMILES string of the molecule is N#Cc1cc(F)c(/C=C/C(=O)O)c(OC(F)F)c1. The maximum atomic E-state index is 13.5. The molecule has 1 aromatic carbocycles. The second-order valence-electron chi connectivity index (χ2n) is 3.03. The van der Waals surface area contributed by atoms with Crippen molar-refractivity contribution in [1.29, 1.82) is 5.26 Å². The van der Waals surface area contributed by atoms with Gasteiger partial charge in [0, 0.05) is 6.08 Å². The van der Waals surface area contributed by atoms with Gasteiger partial charge in [0.2, 0.25) is 0 Å². The average Bonchev–Trinajstić information content (AvgIpc) is 2.26. The highest BCUT2D eigenvalue weighted by Gasteiger charge is 2.14. The first kappa shape index (κ1) is 13.6. The first-order valence-electron chi connectivity index (χ1n) is 4.53. The molecule has 0 bridgehead atoms. The van der Waals surface area contributed by atoms with Gasteiger partial charge in [-0.05, 0) is 18.2 Å². The van der Waals surface area contributed by atoms with E-state index in [2.05, 4.69) is 4.74 Å². The number of halogens is 3. The maximum Gasteiger partial charge on any atom is 0.387 e. The van der Waals surface area contributed by atoms with Gasteiger partial charge in [-0.3, -0.25) is 0 Å². The Kier molecular flexibility index (Phi) is 4.32. The van der Waals surface area contributed by atoms with Crippen LogP contribution in [0.4, 0.5) is 13.2 Å². The molecule has 18 heavy (non-hydrogen) atoms. The van der Waals surface area contributed by atoms with E-state index in [1.54, 1.807) is 6.07 Å². The molecule has 0 aliphatic carbocycles. The van der Waals surface area contributed by atoms with E-state index < -0.39 is 29.7 Å². The predicted molar refractivity (Wildman–Crippen MR) is 54.4 cm³/mol. The lowest BCUT2D eigenvalue weighted by Gasteiger charge is -2.09. The van der Waals surface area contributed by atoms with E-state index >= 15 is 0 Å². The van der Waals surface area contributed by atoms with Crippen LogP contribution in [-0.2, 0) is 4.79 Å². The summed E-state index contributed by atoms with van der Waals surface area (Å²) in [7, 11) is 0. The van der Waals surface area contributed by atoms with Crippen molar-refractivity contribution >= 4 is 12.0 Å². The van der Waals surface area contributed by atoms with E-state index in [0.717, 1.165) is 18.2 Å². The first-order chi connectivity index (χ1) is 8.43. The van der Waals surface area contributed by atoms with Crippen molar-refractivity contribution in [2.75, 3.05) is 0 Å². The normalized spacial score (nSPS) is 10.6. The van der Waals surface area contributed by atoms with Crippen LogP contribution in [0.15, 0.2) is 18.2 Å².